The number of rotatable bonds is 11. The molecule has 0 saturated heterocycles. The second-order valence-electron chi connectivity index (χ2n) is 11.8. The van der Waals surface area contributed by atoms with E-state index < -0.39 is 87.6 Å². The largest absolute Gasteiger partial charge is 0.468 e. The molecule has 254 valence electrons. The summed E-state index contributed by atoms with van der Waals surface area (Å²) < 4.78 is 181. The lowest BCUT2D eigenvalue weighted by Crippen LogP contribution is -2.62. The second-order valence-corrected chi connectivity index (χ2v) is 13.2. The van der Waals surface area contributed by atoms with Gasteiger partial charge in [-0.2, -0.15) is 52.3 Å². The Hall–Kier alpha value is -2.67. The minimum absolute atomic E-state index is 0.0178. The maximum Gasteiger partial charge on any atom is 0.468 e. The number of benzene rings is 1. The Morgan fingerprint density at radius 2 is 1.33 bits per heavy atom. The van der Waals surface area contributed by atoms with Gasteiger partial charge in [0.2, 0.25) is 0 Å². The van der Waals surface area contributed by atoms with Gasteiger partial charge in [-0.3, -0.25) is 9.35 Å². The highest BCUT2D eigenvalue weighted by molar-refractivity contribution is 7.87. The van der Waals surface area contributed by atoms with E-state index in [9.17, 15) is 61.9 Å². The minimum atomic E-state index is -6.67. The second kappa shape index (κ2) is 11.5. The average Bonchev–Trinajstić information content (AvgIpc) is 2.87. The Morgan fingerprint density at radius 1 is 0.844 bits per heavy atom. The molecule has 1 N–H and O–H groups in total. The lowest BCUT2D eigenvalue weighted by molar-refractivity contribution is -0.357. The molecule has 4 bridgehead atoms. The van der Waals surface area contributed by atoms with Crippen LogP contribution in [-0.4, -0.2) is 54.7 Å². The number of carbonyl (C=O) groups excluding carboxylic acids is 2. The van der Waals surface area contributed by atoms with Crippen LogP contribution in [0.4, 0.5) is 43.9 Å². The van der Waals surface area contributed by atoms with Crippen molar-refractivity contribution in [1.29, 1.82) is 0 Å². The van der Waals surface area contributed by atoms with Gasteiger partial charge in [-0.15, -0.1) is 0 Å². The summed E-state index contributed by atoms with van der Waals surface area (Å²) in [6.45, 7) is -1.67. The number of hydrogen-bond acceptors (Lipinski definition) is 7. The SMILES string of the molecule is O=C(OC(OCCCC(F)(F)C(F)(F)S(=O)(=O)O)(C(=O)Oc1ccc(C(F)(F)F)cc1)C(F)(F)F)C12CC3CC(CC(C3)C1)C2. The number of esters is 2. The van der Waals surface area contributed by atoms with E-state index in [4.69, 9.17) is 9.29 Å². The molecule has 0 aromatic heterocycles. The molecule has 19 heteroatoms. The highest BCUT2D eigenvalue weighted by Gasteiger charge is 2.70. The molecule has 45 heavy (non-hydrogen) atoms. The number of hydrogen-bond donors (Lipinski definition) is 1. The minimum Gasteiger partial charge on any atom is -0.421 e. The van der Waals surface area contributed by atoms with Crippen molar-refractivity contribution in [2.45, 2.75) is 80.7 Å². The zero-order valence-electron chi connectivity index (χ0n) is 22.9. The summed E-state index contributed by atoms with van der Waals surface area (Å²) in [4.78, 5) is 26.5. The van der Waals surface area contributed by atoms with Crippen LogP contribution in [0.25, 0.3) is 0 Å². The molecule has 1 aromatic rings. The van der Waals surface area contributed by atoms with Crippen molar-refractivity contribution in [3.05, 3.63) is 29.8 Å². The van der Waals surface area contributed by atoms with Gasteiger partial charge in [0.25, 0.3) is 0 Å². The third-order valence-corrected chi connectivity index (χ3v) is 9.38. The van der Waals surface area contributed by atoms with Crippen molar-refractivity contribution in [3.63, 3.8) is 0 Å². The van der Waals surface area contributed by atoms with Crippen molar-refractivity contribution in [1.82, 2.24) is 0 Å². The van der Waals surface area contributed by atoms with Gasteiger partial charge < -0.3 is 14.2 Å². The number of halogens is 10. The molecule has 0 amide bonds. The molecule has 1 aromatic carbocycles. The van der Waals surface area contributed by atoms with Gasteiger partial charge >= 0.3 is 51.4 Å². The topological polar surface area (TPSA) is 116 Å². The summed E-state index contributed by atoms with van der Waals surface area (Å²) in [5.41, 5.74) is -2.73. The van der Waals surface area contributed by atoms with Gasteiger partial charge in [0.15, 0.2) is 0 Å². The summed E-state index contributed by atoms with van der Waals surface area (Å²) in [5.74, 6) is -15.2. The van der Waals surface area contributed by atoms with Gasteiger partial charge in [0.05, 0.1) is 17.6 Å². The van der Waals surface area contributed by atoms with Gasteiger partial charge in [0, 0.05) is 6.42 Å². The summed E-state index contributed by atoms with van der Waals surface area (Å²) in [6, 6.07) is 1.66. The van der Waals surface area contributed by atoms with E-state index in [0.717, 1.165) is 19.3 Å². The number of carbonyl (C=O) groups is 2. The fraction of sp³-hybridized carbons (Fsp3) is 0.692. The molecule has 4 aliphatic carbocycles. The van der Waals surface area contributed by atoms with E-state index in [1.54, 1.807) is 0 Å². The number of ether oxygens (including phenoxy) is 3. The van der Waals surface area contributed by atoms with Gasteiger partial charge in [0.1, 0.15) is 5.75 Å². The van der Waals surface area contributed by atoms with Crippen molar-refractivity contribution in [3.8, 4) is 5.75 Å². The van der Waals surface area contributed by atoms with Crippen LogP contribution in [0.15, 0.2) is 24.3 Å². The molecular formula is C26H26F10O8S. The lowest BCUT2D eigenvalue weighted by Gasteiger charge is -2.55. The molecule has 1 unspecified atom stereocenters. The van der Waals surface area contributed by atoms with Crippen LogP contribution in [0.2, 0.25) is 0 Å². The molecule has 0 aliphatic heterocycles. The zero-order chi connectivity index (χ0) is 33.9. The van der Waals surface area contributed by atoms with E-state index in [-0.39, 0.29) is 37.0 Å². The maximum absolute atomic E-state index is 14.7. The normalized spacial score (nSPS) is 26.8. The van der Waals surface area contributed by atoms with Crippen LogP contribution in [0.5, 0.6) is 5.75 Å². The zero-order valence-corrected chi connectivity index (χ0v) is 23.7. The first kappa shape index (κ1) is 35.2. The Morgan fingerprint density at radius 3 is 1.76 bits per heavy atom. The molecule has 8 nitrogen and oxygen atoms in total. The first-order chi connectivity index (χ1) is 20.4. The third kappa shape index (κ3) is 6.75. The summed E-state index contributed by atoms with van der Waals surface area (Å²) in [7, 11) is -6.67. The quantitative estimate of drug-likeness (QED) is 0.0696. The first-order valence-electron chi connectivity index (χ1n) is 13.5. The molecule has 4 saturated carbocycles. The molecule has 0 heterocycles. The van der Waals surface area contributed by atoms with Crippen LogP contribution < -0.4 is 4.74 Å². The lowest BCUT2D eigenvalue weighted by atomic mass is 9.49. The van der Waals surface area contributed by atoms with Crippen molar-refractivity contribution < 1.29 is 80.7 Å². The molecule has 4 fully saturated rings. The highest BCUT2D eigenvalue weighted by atomic mass is 32.2. The molecule has 5 rings (SSSR count). The fourth-order valence-corrected chi connectivity index (χ4v) is 7.19. The van der Waals surface area contributed by atoms with E-state index in [1.807, 2.05) is 0 Å². The van der Waals surface area contributed by atoms with Crippen LogP contribution in [-0.2, 0) is 35.4 Å². The fourth-order valence-electron chi connectivity index (χ4n) is 6.72. The predicted octanol–water partition coefficient (Wildman–Crippen LogP) is 6.54. The van der Waals surface area contributed by atoms with Gasteiger partial charge in [-0.05, 0) is 87.0 Å². The van der Waals surface area contributed by atoms with Gasteiger partial charge in [-0.1, -0.05) is 0 Å². The summed E-state index contributed by atoms with van der Waals surface area (Å²) in [6.07, 6.45) is -12.0. The predicted molar refractivity (Wildman–Crippen MR) is 129 cm³/mol. The van der Waals surface area contributed by atoms with E-state index in [1.165, 1.54) is 0 Å². The monoisotopic (exact) mass is 688 g/mol. The van der Waals surface area contributed by atoms with Crippen LogP contribution >= 0.6 is 0 Å². The van der Waals surface area contributed by atoms with Gasteiger partial charge in [-0.25, -0.2) is 4.79 Å². The standard InChI is InChI=1S/C26H26F10O8S/c27-22(28,26(35,36)45(39,40)41)6-1-7-42-23(25(32,33)34,20(38)43-18-4-2-17(3-5-18)24(29,30)31)44-19(37)21-11-14-8-15(12-21)10-16(9-14)13-21/h2-5,14-16H,1,6-13H2,(H,39,40,41). The Balaban J connectivity index is 1.62. The molecule has 4 aliphatic rings. The van der Waals surface area contributed by atoms with E-state index in [2.05, 4.69) is 9.47 Å². The number of alkyl halides is 10. The van der Waals surface area contributed by atoms with Crippen molar-refractivity contribution in [2.75, 3.05) is 6.61 Å². The van der Waals surface area contributed by atoms with Crippen molar-refractivity contribution in [2.24, 2.45) is 23.2 Å². The summed E-state index contributed by atoms with van der Waals surface area (Å²) >= 11 is 0. The Bertz CT molecular complexity index is 1360. The Kier molecular flexibility index (Phi) is 9.02. The van der Waals surface area contributed by atoms with Crippen molar-refractivity contribution >= 4 is 22.1 Å². The third-order valence-electron chi connectivity index (χ3n) is 8.43. The summed E-state index contributed by atoms with van der Waals surface area (Å²) in [5, 5.41) is -6.05. The molecular weight excluding hydrogens is 662 g/mol. The van der Waals surface area contributed by atoms with Crippen LogP contribution in [0.3, 0.4) is 0 Å². The molecule has 1 atom stereocenters. The molecule has 0 spiro atoms. The first-order valence-corrected chi connectivity index (χ1v) is 14.9. The van der Waals surface area contributed by atoms with E-state index in [0.29, 0.717) is 24.3 Å². The van der Waals surface area contributed by atoms with E-state index >= 15 is 0 Å². The van der Waals surface area contributed by atoms with Crippen LogP contribution in [0.1, 0.15) is 56.9 Å². The maximum atomic E-state index is 14.7. The molecule has 0 radical (unpaired) electrons. The average molecular weight is 689 g/mol. The smallest absolute Gasteiger partial charge is 0.421 e. The van der Waals surface area contributed by atoms with Crippen LogP contribution in [0, 0.1) is 23.2 Å². The highest BCUT2D eigenvalue weighted by Crippen LogP contribution is 2.61. The Labute approximate surface area is 249 Å².